The molecule has 2 rings (SSSR count). The molecule has 0 radical (unpaired) electrons. The van der Waals surface area contributed by atoms with E-state index in [-0.39, 0.29) is 17.1 Å². The number of primary amides is 1. The van der Waals surface area contributed by atoms with E-state index < -0.39 is 17.3 Å². The molecule has 1 aliphatic rings. The van der Waals surface area contributed by atoms with E-state index in [2.05, 4.69) is 5.32 Å². The maximum atomic E-state index is 11.5. The number of nitrogens with two attached hydrogens (primary N) is 1. The van der Waals surface area contributed by atoms with Gasteiger partial charge >= 0.3 is 5.97 Å². The summed E-state index contributed by atoms with van der Waals surface area (Å²) in [7, 11) is 0. The zero-order chi connectivity index (χ0) is 14.8. The number of hydrogen-bond donors (Lipinski definition) is 3. The average molecular weight is 297 g/mol. The Balaban J connectivity index is 2.21. The summed E-state index contributed by atoms with van der Waals surface area (Å²) in [4.78, 5) is 22.9. The van der Waals surface area contributed by atoms with Gasteiger partial charge in [-0.1, -0.05) is 30.5 Å². The van der Waals surface area contributed by atoms with Crippen molar-refractivity contribution in [3.63, 3.8) is 0 Å². The Labute approximate surface area is 122 Å². The van der Waals surface area contributed by atoms with E-state index in [1.807, 2.05) is 0 Å². The lowest BCUT2D eigenvalue weighted by Gasteiger charge is -2.25. The predicted molar refractivity (Wildman–Crippen MR) is 77.0 cm³/mol. The quantitative estimate of drug-likeness (QED) is 0.778. The molecule has 0 aromatic heterocycles. The molecule has 108 valence electrons. The van der Waals surface area contributed by atoms with E-state index in [1.165, 1.54) is 0 Å². The molecule has 0 spiro atoms. The molecule has 0 bridgehead atoms. The van der Waals surface area contributed by atoms with Crippen LogP contribution in [-0.2, 0) is 4.79 Å². The van der Waals surface area contributed by atoms with Gasteiger partial charge in [-0.3, -0.25) is 9.59 Å². The zero-order valence-corrected chi connectivity index (χ0v) is 11.7. The molecule has 1 amide bonds. The third-order valence-corrected chi connectivity index (χ3v) is 4.21. The van der Waals surface area contributed by atoms with Crippen molar-refractivity contribution in [3.8, 4) is 0 Å². The summed E-state index contributed by atoms with van der Waals surface area (Å²) in [5.41, 5.74) is 5.23. The van der Waals surface area contributed by atoms with Gasteiger partial charge in [0.25, 0.3) is 5.91 Å². The topological polar surface area (TPSA) is 92.4 Å². The molecular weight excluding hydrogens is 280 g/mol. The molecule has 4 N–H and O–H groups in total. The van der Waals surface area contributed by atoms with Gasteiger partial charge in [0.15, 0.2) is 0 Å². The number of rotatable bonds is 5. The molecule has 6 heteroatoms. The Morgan fingerprint density at radius 3 is 2.55 bits per heavy atom. The van der Waals surface area contributed by atoms with Crippen molar-refractivity contribution < 1.29 is 14.7 Å². The van der Waals surface area contributed by atoms with Gasteiger partial charge in [0.2, 0.25) is 0 Å². The molecule has 1 fully saturated rings. The van der Waals surface area contributed by atoms with Gasteiger partial charge in [0.1, 0.15) is 0 Å². The fourth-order valence-electron chi connectivity index (χ4n) is 2.70. The molecule has 1 aromatic carbocycles. The highest BCUT2D eigenvalue weighted by atomic mass is 35.5. The normalized spacial score (nSPS) is 16.9. The SMILES string of the molecule is NC(=O)c1c(Cl)cccc1NCC1(C(=O)O)CCCC1. The number of amides is 1. The highest BCUT2D eigenvalue weighted by Crippen LogP contribution is 2.39. The number of carboxylic acid groups (broad SMARTS) is 1. The molecule has 0 saturated heterocycles. The van der Waals surface area contributed by atoms with Crippen molar-refractivity contribution >= 4 is 29.2 Å². The molecular formula is C14H17ClN2O3. The minimum Gasteiger partial charge on any atom is -0.481 e. The Morgan fingerprint density at radius 1 is 1.35 bits per heavy atom. The summed E-state index contributed by atoms with van der Waals surface area (Å²) >= 11 is 5.96. The van der Waals surface area contributed by atoms with Gasteiger partial charge in [0, 0.05) is 12.2 Å². The number of nitrogens with one attached hydrogen (secondary N) is 1. The van der Waals surface area contributed by atoms with Gasteiger partial charge < -0.3 is 16.2 Å². The van der Waals surface area contributed by atoms with Crippen LogP contribution in [0.25, 0.3) is 0 Å². The van der Waals surface area contributed by atoms with Gasteiger partial charge in [-0.05, 0) is 25.0 Å². The van der Waals surface area contributed by atoms with E-state index in [0.29, 0.717) is 18.5 Å². The monoisotopic (exact) mass is 296 g/mol. The first-order valence-corrected chi connectivity index (χ1v) is 6.90. The largest absolute Gasteiger partial charge is 0.481 e. The van der Waals surface area contributed by atoms with Gasteiger partial charge in [-0.15, -0.1) is 0 Å². The second-order valence-corrected chi connectivity index (χ2v) is 5.58. The van der Waals surface area contributed by atoms with Crippen molar-refractivity contribution in [1.29, 1.82) is 0 Å². The third kappa shape index (κ3) is 2.72. The molecule has 0 aliphatic heterocycles. The standard InChI is InChI=1S/C14H17ClN2O3/c15-9-4-3-5-10(11(9)12(16)18)17-8-14(13(19)20)6-1-2-7-14/h3-5,17H,1-2,6-8H2,(H2,16,18)(H,19,20). The van der Waals surface area contributed by atoms with Crippen molar-refractivity contribution in [2.45, 2.75) is 25.7 Å². The lowest BCUT2D eigenvalue weighted by atomic mass is 9.86. The Bertz CT molecular complexity index is 539. The van der Waals surface area contributed by atoms with Crippen LogP contribution in [0.4, 0.5) is 5.69 Å². The Morgan fingerprint density at radius 2 is 2.00 bits per heavy atom. The first-order chi connectivity index (χ1) is 9.46. The number of carbonyl (C=O) groups is 2. The summed E-state index contributed by atoms with van der Waals surface area (Å²) in [6, 6.07) is 4.95. The van der Waals surface area contributed by atoms with Crippen LogP contribution in [0, 0.1) is 5.41 Å². The van der Waals surface area contributed by atoms with Crippen LogP contribution in [0.3, 0.4) is 0 Å². The fraction of sp³-hybridized carbons (Fsp3) is 0.429. The highest BCUT2D eigenvalue weighted by Gasteiger charge is 2.41. The number of hydrogen-bond acceptors (Lipinski definition) is 3. The van der Waals surface area contributed by atoms with Crippen molar-refractivity contribution in [2.24, 2.45) is 11.1 Å². The zero-order valence-electron chi connectivity index (χ0n) is 11.0. The van der Waals surface area contributed by atoms with Crippen LogP contribution in [0.5, 0.6) is 0 Å². The van der Waals surface area contributed by atoms with Gasteiger partial charge in [-0.25, -0.2) is 0 Å². The number of halogens is 1. The molecule has 5 nitrogen and oxygen atoms in total. The van der Waals surface area contributed by atoms with Crippen molar-refractivity contribution in [1.82, 2.24) is 0 Å². The van der Waals surface area contributed by atoms with Crippen LogP contribution in [0.1, 0.15) is 36.0 Å². The van der Waals surface area contributed by atoms with Crippen molar-refractivity contribution in [2.75, 3.05) is 11.9 Å². The first-order valence-electron chi connectivity index (χ1n) is 6.52. The second kappa shape index (κ2) is 5.71. The predicted octanol–water partition coefficient (Wildman–Crippen LogP) is 2.50. The fourth-order valence-corrected chi connectivity index (χ4v) is 2.97. The molecule has 20 heavy (non-hydrogen) atoms. The lowest BCUT2D eigenvalue weighted by Crippen LogP contribution is -2.35. The lowest BCUT2D eigenvalue weighted by molar-refractivity contribution is -0.147. The molecule has 1 aromatic rings. The summed E-state index contributed by atoms with van der Waals surface area (Å²) < 4.78 is 0. The number of carbonyl (C=O) groups excluding carboxylic acids is 1. The van der Waals surface area contributed by atoms with Crippen LogP contribution >= 0.6 is 11.6 Å². The minimum absolute atomic E-state index is 0.202. The van der Waals surface area contributed by atoms with E-state index in [1.54, 1.807) is 18.2 Å². The highest BCUT2D eigenvalue weighted by molar-refractivity contribution is 6.34. The summed E-state index contributed by atoms with van der Waals surface area (Å²) in [6.07, 6.45) is 3.10. The molecule has 1 aliphatic carbocycles. The molecule has 0 unspecified atom stereocenters. The van der Waals surface area contributed by atoms with Crippen LogP contribution in [0.2, 0.25) is 5.02 Å². The van der Waals surface area contributed by atoms with Gasteiger partial charge in [-0.2, -0.15) is 0 Å². The second-order valence-electron chi connectivity index (χ2n) is 5.17. The molecule has 0 heterocycles. The molecule has 0 atom stereocenters. The third-order valence-electron chi connectivity index (χ3n) is 3.89. The summed E-state index contributed by atoms with van der Waals surface area (Å²) in [5, 5.41) is 12.7. The van der Waals surface area contributed by atoms with Crippen LogP contribution < -0.4 is 11.1 Å². The minimum atomic E-state index is -0.801. The number of aliphatic carboxylic acids is 1. The van der Waals surface area contributed by atoms with Crippen LogP contribution in [-0.4, -0.2) is 23.5 Å². The smallest absolute Gasteiger partial charge is 0.311 e. The number of anilines is 1. The maximum Gasteiger partial charge on any atom is 0.311 e. The Hall–Kier alpha value is -1.75. The van der Waals surface area contributed by atoms with E-state index in [0.717, 1.165) is 12.8 Å². The Kier molecular flexibility index (Phi) is 4.18. The van der Waals surface area contributed by atoms with Crippen LogP contribution in [0.15, 0.2) is 18.2 Å². The summed E-state index contributed by atoms with van der Waals surface area (Å²) in [6.45, 7) is 0.267. The summed E-state index contributed by atoms with van der Waals surface area (Å²) in [5.74, 6) is -1.43. The van der Waals surface area contributed by atoms with E-state index in [9.17, 15) is 14.7 Å². The van der Waals surface area contributed by atoms with Gasteiger partial charge in [0.05, 0.1) is 16.0 Å². The number of carboxylic acids is 1. The van der Waals surface area contributed by atoms with Crippen molar-refractivity contribution in [3.05, 3.63) is 28.8 Å². The first kappa shape index (κ1) is 14.7. The average Bonchev–Trinajstić information content (AvgIpc) is 2.86. The van der Waals surface area contributed by atoms with E-state index in [4.69, 9.17) is 17.3 Å². The maximum absolute atomic E-state index is 11.5. The molecule has 1 saturated carbocycles. The number of benzene rings is 1. The van der Waals surface area contributed by atoms with E-state index >= 15 is 0 Å².